The summed E-state index contributed by atoms with van der Waals surface area (Å²) in [6.45, 7) is 0.591. The van der Waals surface area contributed by atoms with Gasteiger partial charge in [-0.1, -0.05) is 22.4 Å². The van der Waals surface area contributed by atoms with Gasteiger partial charge in [0.25, 0.3) is 5.91 Å². The van der Waals surface area contributed by atoms with E-state index < -0.39 is 0 Å². The van der Waals surface area contributed by atoms with E-state index in [0.29, 0.717) is 18.7 Å². The van der Waals surface area contributed by atoms with Crippen LogP contribution in [0, 0.1) is 0 Å². The van der Waals surface area contributed by atoms with Crippen molar-refractivity contribution in [2.45, 2.75) is 25.7 Å². The van der Waals surface area contributed by atoms with E-state index in [9.17, 15) is 9.59 Å². The second-order valence-corrected chi connectivity index (χ2v) is 5.40. The fourth-order valence-electron chi connectivity index (χ4n) is 1.63. The Morgan fingerprint density at radius 2 is 1.86 bits per heavy atom. The molecular weight excluding hydrogens is 338 g/mol. The Bertz CT molecular complexity index is 447. The van der Waals surface area contributed by atoms with Crippen molar-refractivity contribution in [3.05, 3.63) is 28.7 Å². The first-order chi connectivity index (χ1) is 10.1. The molecule has 0 atom stereocenters. The zero-order chi connectivity index (χ0) is 15.5. The van der Waals surface area contributed by atoms with Crippen molar-refractivity contribution >= 4 is 27.8 Å². The van der Waals surface area contributed by atoms with Crippen molar-refractivity contribution in [1.29, 1.82) is 0 Å². The summed E-state index contributed by atoms with van der Waals surface area (Å²) >= 11 is 3.33. The molecule has 0 saturated heterocycles. The van der Waals surface area contributed by atoms with E-state index in [1.165, 1.54) is 7.11 Å². The second-order valence-electron chi connectivity index (χ2n) is 4.48. The van der Waals surface area contributed by atoms with Crippen molar-refractivity contribution in [2.24, 2.45) is 0 Å². The van der Waals surface area contributed by atoms with Gasteiger partial charge in [-0.2, -0.15) is 0 Å². The molecule has 1 aromatic rings. The van der Waals surface area contributed by atoms with E-state index in [4.69, 9.17) is 4.74 Å². The quantitative estimate of drug-likeness (QED) is 0.545. The first-order valence-corrected chi connectivity index (χ1v) is 7.63. The van der Waals surface area contributed by atoms with Crippen LogP contribution in [-0.4, -0.2) is 32.1 Å². The van der Waals surface area contributed by atoms with Gasteiger partial charge in [0.1, 0.15) is 5.75 Å². The third-order valence-electron chi connectivity index (χ3n) is 2.79. The number of hydrogen-bond donors (Lipinski definition) is 1. The number of amides is 1. The number of nitrogens with one attached hydrogen (secondary N) is 1. The largest absolute Gasteiger partial charge is 0.484 e. The van der Waals surface area contributed by atoms with Crippen LogP contribution in [-0.2, 0) is 14.3 Å². The molecule has 0 saturated carbocycles. The van der Waals surface area contributed by atoms with E-state index in [-0.39, 0.29) is 18.5 Å². The molecule has 1 N–H and O–H groups in total. The normalized spacial score (nSPS) is 10.0. The van der Waals surface area contributed by atoms with E-state index in [0.717, 1.165) is 23.7 Å². The molecule has 0 heterocycles. The summed E-state index contributed by atoms with van der Waals surface area (Å²) in [7, 11) is 1.38. The highest BCUT2D eigenvalue weighted by Gasteiger charge is 2.03. The van der Waals surface area contributed by atoms with Crippen LogP contribution in [0.1, 0.15) is 25.7 Å². The molecule has 0 aliphatic heterocycles. The van der Waals surface area contributed by atoms with Crippen LogP contribution in [0.15, 0.2) is 28.7 Å². The Kier molecular flexibility index (Phi) is 8.50. The van der Waals surface area contributed by atoms with Gasteiger partial charge in [0.2, 0.25) is 0 Å². The number of ether oxygens (including phenoxy) is 2. The van der Waals surface area contributed by atoms with Gasteiger partial charge in [-0.3, -0.25) is 9.59 Å². The molecule has 0 unspecified atom stereocenters. The molecule has 1 aromatic carbocycles. The number of carbonyl (C=O) groups excluding carboxylic acids is 2. The van der Waals surface area contributed by atoms with E-state index in [1.54, 1.807) is 12.1 Å². The smallest absolute Gasteiger partial charge is 0.305 e. The number of rotatable bonds is 9. The summed E-state index contributed by atoms with van der Waals surface area (Å²) < 4.78 is 10.9. The van der Waals surface area contributed by atoms with Gasteiger partial charge < -0.3 is 14.8 Å². The lowest BCUT2D eigenvalue weighted by atomic mass is 10.2. The van der Waals surface area contributed by atoms with Crippen molar-refractivity contribution in [3.63, 3.8) is 0 Å². The van der Waals surface area contributed by atoms with Crippen molar-refractivity contribution in [2.75, 3.05) is 20.3 Å². The van der Waals surface area contributed by atoms with Crippen LogP contribution in [0.4, 0.5) is 0 Å². The van der Waals surface area contributed by atoms with Crippen LogP contribution in [0.25, 0.3) is 0 Å². The standard InChI is InChI=1S/C15H20BrNO4/c1-20-15(19)5-3-2-4-10-17-14(18)11-21-13-8-6-12(16)7-9-13/h6-9H,2-5,10-11H2,1H3,(H,17,18). The maximum absolute atomic E-state index is 11.6. The minimum atomic E-state index is -0.193. The van der Waals surface area contributed by atoms with Crippen molar-refractivity contribution in [1.82, 2.24) is 5.32 Å². The fourth-order valence-corrected chi connectivity index (χ4v) is 1.90. The maximum atomic E-state index is 11.6. The van der Waals surface area contributed by atoms with Gasteiger partial charge in [-0.05, 0) is 37.1 Å². The van der Waals surface area contributed by atoms with Crippen LogP contribution in [0.3, 0.4) is 0 Å². The van der Waals surface area contributed by atoms with Crippen molar-refractivity contribution in [3.8, 4) is 5.75 Å². The maximum Gasteiger partial charge on any atom is 0.305 e. The van der Waals surface area contributed by atoms with E-state index in [2.05, 4.69) is 26.0 Å². The lowest BCUT2D eigenvalue weighted by molar-refractivity contribution is -0.140. The topological polar surface area (TPSA) is 64.6 Å². The molecule has 1 amide bonds. The lowest BCUT2D eigenvalue weighted by Gasteiger charge is -2.07. The zero-order valence-corrected chi connectivity index (χ0v) is 13.6. The number of hydrogen-bond acceptors (Lipinski definition) is 4. The number of carbonyl (C=O) groups is 2. The first-order valence-electron chi connectivity index (χ1n) is 6.83. The highest BCUT2D eigenvalue weighted by atomic mass is 79.9. The Hall–Kier alpha value is -1.56. The average Bonchev–Trinajstić information content (AvgIpc) is 2.49. The third kappa shape index (κ3) is 8.34. The molecule has 0 aliphatic carbocycles. The molecule has 5 nitrogen and oxygen atoms in total. The number of esters is 1. The van der Waals surface area contributed by atoms with Crippen LogP contribution < -0.4 is 10.1 Å². The highest BCUT2D eigenvalue weighted by molar-refractivity contribution is 9.10. The summed E-state index contributed by atoms with van der Waals surface area (Å²) in [5, 5.41) is 2.78. The third-order valence-corrected chi connectivity index (χ3v) is 3.32. The van der Waals surface area contributed by atoms with Gasteiger partial charge in [0.15, 0.2) is 6.61 Å². The molecule has 0 bridgehead atoms. The van der Waals surface area contributed by atoms with E-state index >= 15 is 0 Å². The minimum Gasteiger partial charge on any atom is -0.484 e. The molecule has 0 aliphatic rings. The van der Waals surface area contributed by atoms with Gasteiger partial charge in [-0.15, -0.1) is 0 Å². The van der Waals surface area contributed by atoms with Crippen molar-refractivity contribution < 1.29 is 19.1 Å². The lowest BCUT2D eigenvalue weighted by Crippen LogP contribution is -2.29. The molecule has 0 fully saturated rings. The summed E-state index contributed by atoms with van der Waals surface area (Å²) in [5.74, 6) is 0.319. The predicted octanol–water partition coefficient (Wildman–Crippen LogP) is 2.68. The Balaban J connectivity index is 2.04. The second kappa shape index (κ2) is 10.2. The Morgan fingerprint density at radius 1 is 1.14 bits per heavy atom. The monoisotopic (exact) mass is 357 g/mol. The van der Waals surface area contributed by atoms with Gasteiger partial charge in [-0.25, -0.2) is 0 Å². The summed E-state index contributed by atoms with van der Waals surface area (Å²) in [6, 6.07) is 7.30. The minimum absolute atomic E-state index is 0.00376. The SMILES string of the molecule is COC(=O)CCCCCNC(=O)COc1ccc(Br)cc1. The Morgan fingerprint density at radius 3 is 2.52 bits per heavy atom. The fraction of sp³-hybridized carbons (Fsp3) is 0.467. The molecular formula is C15H20BrNO4. The predicted molar refractivity (Wildman–Crippen MR) is 83.1 cm³/mol. The van der Waals surface area contributed by atoms with Gasteiger partial charge in [0.05, 0.1) is 7.11 Å². The summed E-state index contributed by atoms with van der Waals surface area (Å²) in [5.41, 5.74) is 0. The number of unbranched alkanes of at least 4 members (excludes halogenated alkanes) is 2. The molecule has 116 valence electrons. The molecule has 6 heteroatoms. The summed E-state index contributed by atoms with van der Waals surface area (Å²) in [6.07, 6.45) is 2.92. The zero-order valence-electron chi connectivity index (χ0n) is 12.1. The molecule has 0 aromatic heterocycles. The van der Waals surface area contributed by atoms with Crippen LogP contribution >= 0.6 is 15.9 Å². The van der Waals surface area contributed by atoms with Gasteiger partial charge >= 0.3 is 5.97 Å². The summed E-state index contributed by atoms with van der Waals surface area (Å²) in [4.78, 5) is 22.4. The molecule has 0 spiro atoms. The van der Waals surface area contributed by atoms with E-state index in [1.807, 2.05) is 12.1 Å². The Labute approximate surface area is 133 Å². The van der Waals surface area contributed by atoms with Crippen LogP contribution in [0.5, 0.6) is 5.75 Å². The molecule has 1 rings (SSSR count). The number of halogens is 1. The van der Waals surface area contributed by atoms with Gasteiger partial charge in [0, 0.05) is 17.4 Å². The highest BCUT2D eigenvalue weighted by Crippen LogP contribution is 2.15. The first kappa shape index (κ1) is 17.5. The number of methoxy groups -OCH3 is 1. The average molecular weight is 358 g/mol. The molecule has 0 radical (unpaired) electrons. The van der Waals surface area contributed by atoms with Crippen LogP contribution in [0.2, 0.25) is 0 Å². The number of benzene rings is 1. The molecule has 21 heavy (non-hydrogen) atoms.